The van der Waals surface area contributed by atoms with Crippen LogP contribution in [-0.2, 0) is 12.8 Å². The van der Waals surface area contributed by atoms with Crippen molar-refractivity contribution in [1.29, 1.82) is 0 Å². The van der Waals surface area contributed by atoms with E-state index in [4.69, 9.17) is 12.2 Å². The third-order valence-corrected chi connectivity index (χ3v) is 4.47. The molecule has 25 heavy (non-hydrogen) atoms. The highest BCUT2D eigenvalue weighted by molar-refractivity contribution is 7.80. The first-order valence-corrected chi connectivity index (χ1v) is 9.19. The van der Waals surface area contributed by atoms with Gasteiger partial charge < -0.3 is 5.32 Å². The summed E-state index contributed by atoms with van der Waals surface area (Å²) in [5.41, 5.74) is 5.63. The van der Waals surface area contributed by atoms with Gasteiger partial charge in [0.25, 0.3) is 5.91 Å². The lowest BCUT2D eigenvalue weighted by atomic mass is 10.1. The highest BCUT2D eigenvalue weighted by Crippen LogP contribution is 2.12. The lowest BCUT2D eigenvalue weighted by Crippen LogP contribution is -2.34. The maximum atomic E-state index is 12.1. The molecule has 1 aromatic heterocycles. The summed E-state index contributed by atoms with van der Waals surface area (Å²) >= 11 is 6.82. The number of aryl methyl sites for hydroxylation is 2. The van der Waals surface area contributed by atoms with Crippen molar-refractivity contribution in [2.75, 3.05) is 5.32 Å². The number of aromatic nitrogens is 1. The van der Waals surface area contributed by atoms with Crippen LogP contribution < -0.4 is 10.6 Å². The quantitative estimate of drug-likeness (QED) is 0.668. The Morgan fingerprint density at radius 3 is 2.48 bits per heavy atom. The molecular weight excluding hydrogens is 350 g/mol. The van der Waals surface area contributed by atoms with Gasteiger partial charge in [0.05, 0.1) is 11.2 Å². The van der Waals surface area contributed by atoms with Gasteiger partial charge in [0.15, 0.2) is 5.11 Å². The van der Waals surface area contributed by atoms with Crippen molar-refractivity contribution in [3.05, 3.63) is 82.3 Å². The van der Waals surface area contributed by atoms with Gasteiger partial charge >= 0.3 is 0 Å². The van der Waals surface area contributed by atoms with E-state index < -0.39 is 0 Å². The Morgan fingerprint density at radius 1 is 1.04 bits per heavy atom. The molecule has 3 aromatic rings. The van der Waals surface area contributed by atoms with Crippen LogP contribution in [0.5, 0.6) is 0 Å². The van der Waals surface area contributed by atoms with Gasteiger partial charge in [0, 0.05) is 16.6 Å². The smallest absolute Gasteiger partial charge is 0.257 e. The Kier molecular flexibility index (Phi) is 5.87. The molecule has 0 saturated carbocycles. The number of benzene rings is 2. The van der Waals surface area contributed by atoms with E-state index in [0.29, 0.717) is 5.56 Å². The zero-order valence-corrected chi connectivity index (χ0v) is 15.1. The number of thiocarbonyl (C=S) groups is 1. The van der Waals surface area contributed by atoms with Crippen LogP contribution in [0.15, 0.2) is 65.5 Å². The first-order chi connectivity index (χ1) is 12.2. The standard InChI is InChI=1S/C19H17N3OS2/c23-18(15-4-2-1-3-5-15)22-19(24)21-16-9-6-14(7-10-16)8-11-17-12-25-13-20-17/h1-7,9-10,12-13H,8,11H2,(H2,21,22,23,24). The Bertz CT molecular complexity index is 831. The number of carbonyl (C=O) groups excluding carboxylic acids is 1. The lowest BCUT2D eigenvalue weighted by molar-refractivity contribution is 0.0977. The summed E-state index contributed by atoms with van der Waals surface area (Å²) in [7, 11) is 0. The van der Waals surface area contributed by atoms with Crippen molar-refractivity contribution in [3.63, 3.8) is 0 Å². The second kappa shape index (κ2) is 8.50. The molecule has 4 nitrogen and oxygen atoms in total. The highest BCUT2D eigenvalue weighted by Gasteiger charge is 2.07. The molecule has 0 aliphatic carbocycles. The monoisotopic (exact) mass is 367 g/mol. The Balaban J connectivity index is 1.50. The van der Waals surface area contributed by atoms with Crippen molar-refractivity contribution >= 4 is 40.3 Å². The summed E-state index contributed by atoms with van der Waals surface area (Å²) < 4.78 is 0. The summed E-state index contributed by atoms with van der Waals surface area (Å²) in [6, 6.07) is 17.0. The molecule has 0 bridgehead atoms. The van der Waals surface area contributed by atoms with Crippen molar-refractivity contribution < 1.29 is 4.79 Å². The number of nitrogens with one attached hydrogen (secondary N) is 2. The van der Waals surface area contributed by atoms with E-state index in [1.54, 1.807) is 23.5 Å². The molecule has 2 aromatic carbocycles. The molecular formula is C19H17N3OS2. The van der Waals surface area contributed by atoms with Crippen LogP contribution in [0.4, 0.5) is 5.69 Å². The number of anilines is 1. The van der Waals surface area contributed by atoms with E-state index in [-0.39, 0.29) is 11.0 Å². The maximum Gasteiger partial charge on any atom is 0.257 e. The zero-order chi connectivity index (χ0) is 17.5. The minimum absolute atomic E-state index is 0.224. The van der Waals surface area contributed by atoms with Crippen molar-refractivity contribution in [2.45, 2.75) is 12.8 Å². The van der Waals surface area contributed by atoms with Crippen molar-refractivity contribution in [3.8, 4) is 0 Å². The lowest BCUT2D eigenvalue weighted by Gasteiger charge is -2.10. The minimum Gasteiger partial charge on any atom is -0.332 e. The SMILES string of the molecule is O=C(NC(=S)Nc1ccc(CCc2cscn2)cc1)c1ccccc1. The summed E-state index contributed by atoms with van der Waals surface area (Å²) in [6.45, 7) is 0. The van der Waals surface area contributed by atoms with Crippen molar-refractivity contribution in [2.24, 2.45) is 0 Å². The molecule has 0 unspecified atom stereocenters. The molecule has 0 aliphatic heterocycles. The predicted molar refractivity (Wildman–Crippen MR) is 106 cm³/mol. The van der Waals surface area contributed by atoms with Gasteiger partial charge in [0.1, 0.15) is 0 Å². The van der Waals surface area contributed by atoms with E-state index in [1.807, 2.05) is 35.8 Å². The van der Waals surface area contributed by atoms with E-state index in [0.717, 1.165) is 24.2 Å². The Labute approximate surface area is 155 Å². The number of carbonyl (C=O) groups is 1. The summed E-state index contributed by atoms with van der Waals surface area (Å²) in [5.74, 6) is -0.224. The van der Waals surface area contributed by atoms with Crippen LogP contribution >= 0.6 is 23.6 Å². The van der Waals surface area contributed by atoms with Crippen LogP contribution in [0.1, 0.15) is 21.6 Å². The van der Waals surface area contributed by atoms with Gasteiger partial charge in [-0.2, -0.15) is 0 Å². The number of amides is 1. The Hall–Kier alpha value is -2.57. The van der Waals surface area contributed by atoms with Crippen LogP contribution in [0.25, 0.3) is 0 Å². The number of rotatable bonds is 5. The van der Waals surface area contributed by atoms with E-state index in [9.17, 15) is 4.79 Å². The molecule has 1 heterocycles. The topological polar surface area (TPSA) is 54.0 Å². The minimum atomic E-state index is -0.224. The third-order valence-electron chi connectivity index (χ3n) is 3.63. The van der Waals surface area contributed by atoms with E-state index in [2.05, 4.69) is 33.1 Å². The summed E-state index contributed by atoms with van der Waals surface area (Å²) in [6.07, 6.45) is 1.88. The molecule has 2 N–H and O–H groups in total. The van der Waals surface area contributed by atoms with E-state index in [1.165, 1.54) is 5.56 Å². The first-order valence-electron chi connectivity index (χ1n) is 7.84. The number of hydrogen-bond donors (Lipinski definition) is 2. The number of thiazole rings is 1. The Morgan fingerprint density at radius 2 is 1.80 bits per heavy atom. The average Bonchev–Trinajstić information content (AvgIpc) is 3.15. The maximum absolute atomic E-state index is 12.1. The fourth-order valence-electron chi connectivity index (χ4n) is 2.32. The molecule has 126 valence electrons. The second-order valence-corrected chi connectivity index (χ2v) is 6.58. The van der Waals surface area contributed by atoms with Gasteiger partial charge in [-0.3, -0.25) is 10.1 Å². The number of nitrogens with zero attached hydrogens (tertiary/aromatic N) is 1. The molecule has 1 amide bonds. The summed E-state index contributed by atoms with van der Waals surface area (Å²) in [4.78, 5) is 16.3. The molecule has 0 saturated heterocycles. The fourth-order valence-corrected chi connectivity index (χ4v) is 3.12. The van der Waals surface area contributed by atoms with Crippen LogP contribution in [0.3, 0.4) is 0 Å². The second-order valence-electron chi connectivity index (χ2n) is 5.45. The van der Waals surface area contributed by atoms with Crippen LogP contribution in [0.2, 0.25) is 0 Å². The normalized spacial score (nSPS) is 10.2. The highest BCUT2D eigenvalue weighted by atomic mass is 32.1. The first kappa shape index (κ1) is 17.3. The van der Waals surface area contributed by atoms with Gasteiger partial charge in [-0.25, -0.2) is 4.98 Å². The van der Waals surface area contributed by atoms with Crippen LogP contribution in [-0.4, -0.2) is 16.0 Å². The molecule has 6 heteroatoms. The molecule has 0 atom stereocenters. The van der Waals surface area contributed by atoms with Crippen molar-refractivity contribution in [1.82, 2.24) is 10.3 Å². The van der Waals surface area contributed by atoms with Crippen LogP contribution in [0, 0.1) is 0 Å². The molecule has 0 fully saturated rings. The van der Waals surface area contributed by atoms with E-state index >= 15 is 0 Å². The predicted octanol–water partition coefficient (Wildman–Crippen LogP) is 4.06. The molecule has 0 radical (unpaired) electrons. The van der Waals surface area contributed by atoms with Gasteiger partial charge in [-0.05, 0) is 54.9 Å². The largest absolute Gasteiger partial charge is 0.332 e. The van der Waals surface area contributed by atoms with Gasteiger partial charge in [0.2, 0.25) is 0 Å². The van der Waals surface area contributed by atoms with Gasteiger partial charge in [-0.15, -0.1) is 11.3 Å². The molecule has 0 aliphatic rings. The molecule has 3 rings (SSSR count). The molecule has 0 spiro atoms. The van der Waals surface area contributed by atoms with Gasteiger partial charge in [-0.1, -0.05) is 30.3 Å². The number of hydrogen-bond acceptors (Lipinski definition) is 4. The fraction of sp³-hybridized carbons (Fsp3) is 0.105. The zero-order valence-electron chi connectivity index (χ0n) is 13.4. The summed E-state index contributed by atoms with van der Waals surface area (Å²) in [5, 5.41) is 8.06. The third kappa shape index (κ3) is 5.20. The average molecular weight is 367 g/mol.